The first kappa shape index (κ1) is 20.2. The third-order valence-electron chi connectivity index (χ3n) is 4.79. The molecule has 0 aliphatic carbocycles. The number of benzene rings is 1. The van der Waals surface area contributed by atoms with Gasteiger partial charge in [0.1, 0.15) is 0 Å². The Kier molecular flexibility index (Phi) is 5.44. The molecule has 156 valence electrons. The van der Waals surface area contributed by atoms with Gasteiger partial charge in [-0.1, -0.05) is 25.1 Å². The third-order valence-corrected chi connectivity index (χ3v) is 4.79. The standard InChI is InChI=1S/C23H21N5O3/c1-13(2)19-12-18(20-14(3)28-31-23(20)27-19)22(30)26-17-6-4-5-16(11-17)25-21(29)15-7-9-24-10-8-15/h4-13H,1-3H3,(H,25,29)(H,26,30). The van der Waals surface area contributed by atoms with E-state index in [9.17, 15) is 9.59 Å². The molecule has 0 spiro atoms. The monoisotopic (exact) mass is 415 g/mol. The summed E-state index contributed by atoms with van der Waals surface area (Å²) in [5.41, 5.74) is 3.72. The molecule has 0 atom stereocenters. The largest absolute Gasteiger partial charge is 0.336 e. The van der Waals surface area contributed by atoms with Gasteiger partial charge in [-0.3, -0.25) is 14.6 Å². The fourth-order valence-corrected chi connectivity index (χ4v) is 3.17. The van der Waals surface area contributed by atoms with Gasteiger partial charge in [-0.25, -0.2) is 4.98 Å². The number of aryl methyl sites for hydroxylation is 1. The molecule has 0 aliphatic heterocycles. The minimum absolute atomic E-state index is 0.119. The van der Waals surface area contributed by atoms with Crippen LogP contribution in [0.4, 0.5) is 11.4 Å². The zero-order valence-electron chi connectivity index (χ0n) is 17.3. The van der Waals surface area contributed by atoms with E-state index in [-0.39, 0.29) is 17.7 Å². The Labute approximate surface area is 178 Å². The Morgan fingerprint density at radius 2 is 1.65 bits per heavy atom. The number of fused-ring (bicyclic) bond motifs is 1. The number of anilines is 2. The fraction of sp³-hybridized carbons (Fsp3) is 0.174. The third kappa shape index (κ3) is 4.28. The highest BCUT2D eigenvalue weighted by Crippen LogP contribution is 2.26. The minimum atomic E-state index is -0.307. The van der Waals surface area contributed by atoms with E-state index in [2.05, 4.69) is 25.8 Å². The van der Waals surface area contributed by atoms with E-state index < -0.39 is 0 Å². The molecule has 2 amide bonds. The maximum Gasteiger partial charge on any atom is 0.259 e. The molecule has 0 bridgehead atoms. The summed E-state index contributed by atoms with van der Waals surface area (Å²) in [5.74, 6) is -0.449. The SMILES string of the molecule is Cc1noc2nc(C(C)C)cc(C(=O)Nc3cccc(NC(=O)c4ccncc4)c3)c12. The lowest BCUT2D eigenvalue weighted by Gasteiger charge is -2.11. The first-order valence-corrected chi connectivity index (χ1v) is 9.82. The summed E-state index contributed by atoms with van der Waals surface area (Å²) in [5, 5.41) is 10.2. The number of pyridine rings is 2. The quantitative estimate of drug-likeness (QED) is 0.495. The van der Waals surface area contributed by atoms with Crippen molar-refractivity contribution in [3.8, 4) is 0 Å². The molecule has 3 heterocycles. The van der Waals surface area contributed by atoms with Crippen LogP contribution in [0.5, 0.6) is 0 Å². The van der Waals surface area contributed by atoms with Gasteiger partial charge in [0.2, 0.25) is 0 Å². The second-order valence-corrected chi connectivity index (χ2v) is 7.42. The van der Waals surface area contributed by atoms with E-state index in [0.29, 0.717) is 39.3 Å². The van der Waals surface area contributed by atoms with Gasteiger partial charge in [0, 0.05) is 35.0 Å². The van der Waals surface area contributed by atoms with E-state index in [1.54, 1.807) is 61.8 Å². The van der Waals surface area contributed by atoms with Crippen molar-refractivity contribution in [1.82, 2.24) is 15.1 Å². The van der Waals surface area contributed by atoms with Crippen molar-refractivity contribution < 1.29 is 14.1 Å². The topological polar surface area (TPSA) is 110 Å². The number of amides is 2. The first-order chi connectivity index (χ1) is 14.9. The summed E-state index contributed by atoms with van der Waals surface area (Å²) in [7, 11) is 0. The first-order valence-electron chi connectivity index (χ1n) is 9.82. The second kappa shape index (κ2) is 8.35. The molecule has 8 heteroatoms. The fourth-order valence-electron chi connectivity index (χ4n) is 3.17. The lowest BCUT2D eigenvalue weighted by atomic mass is 10.0. The van der Waals surface area contributed by atoms with Gasteiger partial charge in [-0.2, -0.15) is 0 Å². The Morgan fingerprint density at radius 1 is 0.968 bits per heavy atom. The van der Waals surface area contributed by atoms with Gasteiger partial charge in [-0.15, -0.1) is 0 Å². The van der Waals surface area contributed by atoms with Crippen molar-refractivity contribution in [1.29, 1.82) is 0 Å². The Morgan fingerprint density at radius 3 is 2.32 bits per heavy atom. The van der Waals surface area contributed by atoms with Crippen LogP contribution in [0.1, 0.15) is 51.9 Å². The average molecular weight is 415 g/mol. The highest BCUT2D eigenvalue weighted by Gasteiger charge is 2.20. The molecule has 0 saturated carbocycles. The molecule has 2 N–H and O–H groups in total. The van der Waals surface area contributed by atoms with E-state index in [0.717, 1.165) is 5.69 Å². The second-order valence-electron chi connectivity index (χ2n) is 7.42. The number of aromatic nitrogens is 3. The van der Waals surface area contributed by atoms with E-state index in [1.165, 1.54) is 0 Å². The Balaban J connectivity index is 1.59. The van der Waals surface area contributed by atoms with Gasteiger partial charge < -0.3 is 15.2 Å². The predicted octanol–water partition coefficient (Wildman–Crippen LogP) is 4.55. The number of nitrogens with zero attached hydrogens (tertiary/aromatic N) is 3. The summed E-state index contributed by atoms with van der Waals surface area (Å²) >= 11 is 0. The van der Waals surface area contributed by atoms with E-state index in [4.69, 9.17) is 4.52 Å². The molecule has 0 unspecified atom stereocenters. The van der Waals surface area contributed by atoms with Crippen LogP contribution in [0.25, 0.3) is 11.1 Å². The Bertz CT molecular complexity index is 1260. The van der Waals surface area contributed by atoms with Crippen LogP contribution in [-0.4, -0.2) is 26.9 Å². The normalized spacial score (nSPS) is 11.0. The summed E-state index contributed by atoms with van der Waals surface area (Å²) in [6.07, 6.45) is 3.11. The molecule has 0 radical (unpaired) electrons. The Hall–Kier alpha value is -4.07. The van der Waals surface area contributed by atoms with Gasteiger partial charge in [0.25, 0.3) is 17.5 Å². The molecule has 3 aromatic heterocycles. The minimum Gasteiger partial charge on any atom is -0.336 e. The van der Waals surface area contributed by atoms with Crippen LogP contribution in [0.2, 0.25) is 0 Å². The van der Waals surface area contributed by atoms with Crippen LogP contribution >= 0.6 is 0 Å². The zero-order valence-corrected chi connectivity index (χ0v) is 17.3. The number of carbonyl (C=O) groups excluding carboxylic acids is 2. The predicted molar refractivity (Wildman–Crippen MR) is 117 cm³/mol. The highest BCUT2D eigenvalue weighted by molar-refractivity contribution is 6.12. The molecule has 0 fully saturated rings. The molecular formula is C23H21N5O3. The van der Waals surface area contributed by atoms with Gasteiger partial charge in [0.15, 0.2) is 0 Å². The number of hydrogen-bond acceptors (Lipinski definition) is 6. The van der Waals surface area contributed by atoms with Gasteiger partial charge in [0.05, 0.1) is 16.6 Å². The van der Waals surface area contributed by atoms with Crippen molar-refractivity contribution in [3.05, 3.63) is 77.4 Å². The molecule has 4 aromatic rings. The molecule has 4 rings (SSSR count). The van der Waals surface area contributed by atoms with Crippen molar-refractivity contribution in [2.24, 2.45) is 0 Å². The smallest absolute Gasteiger partial charge is 0.259 e. The molecule has 0 saturated heterocycles. The summed E-state index contributed by atoms with van der Waals surface area (Å²) in [6, 6.07) is 12.0. The molecule has 31 heavy (non-hydrogen) atoms. The van der Waals surface area contributed by atoms with Crippen molar-refractivity contribution >= 4 is 34.3 Å². The van der Waals surface area contributed by atoms with Crippen molar-refractivity contribution in [3.63, 3.8) is 0 Å². The van der Waals surface area contributed by atoms with E-state index in [1.807, 2.05) is 13.8 Å². The lowest BCUT2D eigenvalue weighted by Crippen LogP contribution is -2.15. The number of nitrogens with one attached hydrogen (secondary N) is 2. The molecule has 0 aliphatic rings. The lowest BCUT2D eigenvalue weighted by molar-refractivity contribution is 0.102. The highest BCUT2D eigenvalue weighted by atomic mass is 16.5. The van der Waals surface area contributed by atoms with E-state index >= 15 is 0 Å². The average Bonchev–Trinajstić information content (AvgIpc) is 3.14. The van der Waals surface area contributed by atoms with Gasteiger partial charge in [-0.05, 0) is 49.2 Å². The van der Waals surface area contributed by atoms with Crippen LogP contribution < -0.4 is 10.6 Å². The molecule has 1 aromatic carbocycles. The number of hydrogen-bond donors (Lipinski definition) is 2. The maximum absolute atomic E-state index is 13.1. The zero-order chi connectivity index (χ0) is 22.0. The van der Waals surface area contributed by atoms with Crippen LogP contribution in [0.3, 0.4) is 0 Å². The number of rotatable bonds is 5. The van der Waals surface area contributed by atoms with Gasteiger partial charge >= 0.3 is 0 Å². The molecular weight excluding hydrogens is 394 g/mol. The maximum atomic E-state index is 13.1. The van der Waals surface area contributed by atoms with Crippen molar-refractivity contribution in [2.75, 3.05) is 10.6 Å². The summed E-state index contributed by atoms with van der Waals surface area (Å²) in [6.45, 7) is 5.76. The van der Waals surface area contributed by atoms with Crippen molar-refractivity contribution in [2.45, 2.75) is 26.7 Å². The summed E-state index contributed by atoms with van der Waals surface area (Å²) < 4.78 is 5.29. The van der Waals surface area contributed by atoms with Crippen LogP contribution in [0.15, 0.2) is 59.4 Å². The summed E-state index contributed by atoms with van der Waals surface area (Å²) in [4.78, 5) is 33.8. The number of carbonyl (C=O) groups is 2. The van der Waals surface area contributed by atoms with Crippen LogP contribution in [-0.2, 0) is 0 Å². The van der Waals surface area contributed by atoms with Crippen LogP contribution in [0, 0.1) is 6.92 Å². The molecule has 8 nitrogen and oxygen atoms in total.